The maximum Gasteiger partial charge on any atom is 0.331 e. The minimum Gasteiger partial charge on any atom is -0.497 e. The molecule has 1 N–H and O–H groups in total. The van der Waals surface area contributed by atoms with Crippen LogP contribution in [0, 0.1) is 0 Å². The van der Waals surface area contributed by atoms with Gasteiger partial charge in [0, 0.05) is 12.6 Å². The van der Waals surface area contributed by atoms with Crippen LogP contribution >= 0.6 is 23.2 Å². The Morgan fingerprint density at radius 1 is 1.15 bits per heavy atom. The van der Waals surface area contributed by atoms with Gasteiger partial charge in [-0.15, -0.1) is 0 Å². The van der Waals surface area contributed by atoms with Crippen LogP contribution in [0.3, 0.4) is 0 Å². The van der Waals surface area contributed by atoms with Crippen molar-refractivity contribution in [2.75, 3.05) is 13.7 Å². The van der Waals surface area contributed by atoms with Gasteiger partial charge in [-0.1, -0.05) is 47.5 Å². The fourth-order valence-corrected chi connectivity index (χ4v) is 2.40. The highest BCUT2D eigenvalue weighted by Crippen LogP contribution is 2.26. The Bertz CT molecular complexity index is 821. The number of rotatable bonds is 7. The fourth-order valence-electron chi connectivity index (χ4n) is 2.03. The minimum absolute atomic E-state index is 0.307. The lowest BCUT2D eigenvalue weighted by atomic mass is 10.2. The van der Waals surface area contributed by atoms with Gasteiger partial charge in [-0.25, -0.2) is 4.79 Å². The molecule has 0 bridgehead atoms. The molecule has 0 atom stereocenters. The normalized spacial score (nSPS) is 10.6. The van der Waals surface area contributed by atoms with E-state index in [-0.39, 0.29) is 6.61 Å². The van der Waals surface area contributed by atoms with Crippen molar-refractivity contribution >= 4 is 41.2 Å². The number of amides is 1. The monoisotopic (exact) mass is 393 g/mol. The van der Waals surface area contributed by atoms with Crippen LogP contribution in [-0.4, -0.2) is 25.6 Å². The molecule has 0 aliphatic heterocycles. The zero-order valence-corrected chi connectivity index (χ0v) is 15.5. The summed E-state index contributed by atoms with van der Waals surface area (Å²) in [6.07, 6.45) is 2.66. The highest BCUT2D eigenvalue weighted by molar-refractivity contribution is 6.42. The highest BCUT2D eigenvalue weighted by Gasteiger charge is 2.06. The summed E-state index contributed by atoms with van der Waals surface area (Å²) in [5.74, 6) is -0.360. The summed E-state index contributed by atoms with van der Waals surface area (Å²) in [6, 6.07) is 12.4. The number of ether oxygens (including phenoxy) is 2. The Kier molecular flexibility index (Phi) is 7.51. The lowest BCUT2D eigenvalue weighted by molar-refractivity contribution is -0.143. The van der Waals surface area contributed by atoms with Gasteiger partial charge in [0.25, 0.3) is 5.91 Å². The number of halogens is 2. The average molecular weight is 394 g/mol. The zero-order chi connectivity index (χ0) is 18.9. The van der Waals surface area contributed by atoms with Crippen molar-refractivity contribution < 1.29 is 19.1 Å². The molecule has 0 aliphatic rings. The molecular weight excluding hydrogens is 377 g/mol. The van der Waals surface area contributed by atoms with E-state index < -0.39 is 11.9 Å². The molecule has 0 aliphatic carbocycles. The maximum atomic E-state index is 11.8. The van der Waals surface area contributed by atoms with E-state index in [1.807, 2.05) is 24.3 Å². The van der Waals surface area contributed by atoms with Gasteiger partial charge in [-0.05, 0) is 35.4 Å². The van der Waals surface area contributed by atoms with Gasteiger partial charge in [0.2, 0.25) is 0 Å². The molecule has 0 unspecified atom stereocenters. The van der Waals surface area contributed by atoms with E-state index in [0.29, 0.717) is 27.9 Å². The van der Waals surface area contributed by atoms with Crippen molar-refractivity contribution in [2.45, 2.75) is 6.54 Å². The molecule has 2 rings (SSSR count). The van der Waals surface area contributed by atoms with E-state index in [2.05, 4.69) is 5.32 Å². The Morgan fingerprint density at radius 2 is 1.92 bits per heavy atom. The van der Waals surface area contributed by atoms with Gasteiger partial charge in [0.05, 0.1) is 17.2 Å². The molecule has 2 aromatic carbocycles. The van der Waals surface area contributed by atoms with E-state index in [9.17, 15) is 9.59 Å². The van der Waals surface area contributed by atoms with Crippen LogP contribution in [0.15, 0.2) is 48.5 Å². The molecule has 136 valence electrons. The second-order valence-electron chi connectivity index (χ2n) is 5.21. The molecule has 7 heteroatoms. The van der Waals surface area contributed by atoms with Gasteiger partial charge in [-0.3, -0.25) is 4.79 Å². The van der Waals surface area contributed by atoms with E-state index in [4.69, 9.17) is 32.7 Å². The van der Waals surface area contributed by atoms with E-state index >= 15 is 0 Å². The summed E-state index contributed by atoms with van der Waals surface area (Å²) in [5, 5.41) is 3.39. The van der Waals surface area contributed by atoms with Gasteiger partial charge in [0.15, 0.2) is 6.61 Å². The van der Waals surface area contributed by atoms with Crippen molar-refractivity contribution in [3.8, 4) is 5.75 Å². The molecule has 0 saturated heterocycles. The standard InChI is InChI=1S/C19H17Cl2NO4/c1-25-15-6-2-4-13(10-15)11-22-17(23)12-26-18(24)9-8-14-5-3-7-16(20)19(14)21/h2-10H,11-12H2,1H3,(H,22,23)/b9-8+. The molecule has 0 fully saturated rings. The fraction of sp³-hybridized carbons (Fsp3) is 0.158. The van der Waals surface area contributed by atoms with Gasteiger partial charge >= 0.3 is 5.97 Å². The number of nitrogens with one attached hydrogen (secondary N) is 1. The molecule has 0 radical (unpaired) electrons. The quantitative estimate of drug-likeness (QED) is 0.572. The third kappa shape index (κ3) is 6.10. The van der Waals surface area contributed by atoms with E-state index in [0.717, 1.165) is 5.56 Å². The largest absolute Gasteiger partial charge is 0.497 e. The molecule has 2 aromatic rings. The van der Waals surface area contributed by atoms with Crippen LogP contribution in [-0.2, 0) is 20.9 Å². The lowest BCUT2D eigenvalue weighted by Gasteiger charge is -2.07. The predicted molar refractivity (Wildman–Crippen MR) is 101 cm³/mol. The third-order valence-electron chi connectivity index (χ3n) is 3.35. The van der Waals surface area contributed by atoms with E-state index in [1.54, 1.807) is 25.3 Å². The first kappa shape index (κ1) is 19.8. The summed E-state index contributed by atoms with van der Waals surface area (Å²) in [7, 11) is 1.57. The van der Waals surface area contributed by atoms with Crippen molar-refractivity contribution in [1.29, 1.82) is 0 Å². The number of carbonyl (C=O) groups is 2. The van der Waals surface area contributed by atoms with Crippen molar-refractivity contribution in [1.82, 2.24) is 5.32 Å². The SMILES string of the molecule is COc1cccc(CNC(=O)COC(=O)/C=C/c2cccc(Cl)c2Cl)c1. The average Bonchev–Trinajstić information content (AvgIpc) is 2.66. The van der Waals surface area contributed by atoms with Crippen LogP contribution in [0.4, 0.5) is 0 Å². The van der Waals surface area contributed by atoms with Crippen LogP contribution in [0.1, 0.15) is 11.1 Å². The lowest BCUT2D eigenvalue weighted by Crippen LogP contribution is -2.28. The number of methoxy groups -OCH3 is 1. The molecule has 26 heavy (non-hydrogen) atoms. The Morgan fingerprint density at radius 3 is 2.69 bits per heavy atom. The van der Waals surface area contributed by atoms with Gasteiger partial charge in [-0.2, -0.15) is 0 Å². The summed E-state index contributed by atoms with van der Waals surface area (Å²) in [6.45, 7) is -0.0715. The third-order valence-corrected chi connectivity index (χ3v) is 4.18. The second-order valence-corrected chi connectivity index (χ2v) is 6.00. The summed E-state index contributed by atoms with van der Waals surface area (Å²) in [5.41, 5.74) is 1.46. The summed E-state index contributed by atoms with van der Waals surface area (Å²) >= 11 is 11.9. The number of esters is 1. The van der Waals surface area contributed by atoms with Gasteiger partial charge in [0.1, 0.15) is 5.75 Å². The maximum absolute atomic E-state index is 11.8. The number of carbonyl (C=O) groups excluding carboxylic acids is 2. The number of benzene rings is 2. The first-order valence-electron chi connectivity index (χ1n) is 7.68. The molecule has 5 nitrogen and oxygen atoms in total. The van der Waals surface area contributed by atoms with Gasteiger partial charge < -0.3 is 14.8 Å². The molecule has 1 amide bonds. The molecule has 0 spiro atoms. The van der Waals surface area contributed by atoms with Crippen molar-refractivity contribution in [3.63, 3.8) is 0 Å². The molecule has 0 aromatic heterocycles. The minimum atomic E-state index is -0.655. The van der Waals surface area contributed by atoms with E-state index in [1.165, 1.54) is 12.2 Å². The Labute approximate surface area is 161 Å². The summed E-state index contributed by atoms with van der Waals surface area (Å²) < 4.78 is 10.0. The topological polar surface area (TPSA) is 64.6 Å². The highest BCUT2D eigenvalue weighted by atomic mass is 35.5. The Balaban J connectivity index is 1.78. The first-order valence-corrected chi connectivity index (χ1v) is 8.43. The number of hydrogen-bond donors (Lipinski definition) is 1. The summed E-state index contributed by atoms with van der Waals surface area (Å²) in [4.78, 5) is 23.5. The van der Waals surface area contributed by atoms with Crippen LogP contribution < -0.4 is 10.1 Å². The smallest absolute Gasteiger partial charge is 0.331 e. The molecular formula is C19H17Cl2NO4. The second kappa shape index (κ2) is 9.85. The molecule has 0 heterocycles. The zero-order valence-electron chi connectivity index (χ0n) is 14.0. The van der Waals surface area contributed by atoms with Crippen LogP contribution in [0.2, 0.25) is 10.0 Å². The molecule has 0 saturated carbocycles. The van der Waals surface area contributed by atoms with Crippen molar-refractivity contribution in [2.24, 2.45) is 0 Å². The van der Waals surface area contributed by atoms with Crippen molar-refractivity contribution in [3.05, 3.63) is 69.7 Å². The van der Waals surface area contributed by atoms with Crippen LogP contribution in [0.25, 0.3) is 6.08 Å². The number of hydrogen-bond acceptors (Lipinski definition) is 4. The van der Waals surface area contributed by atoms with Crippen LogP contribution in [0.5, 0.6) is 5.75 Å². The first-order chi connectivity index (χ1) is 12.5. The predicted octanol–water partition coefficient (Wildman–Crippen LogP) is 3.87. The Hall–Kier alpha value is -2.50.